The summed E-state index contributed by atoms with van der Waals surface area (Å²) in [5.74, 6) is -0.0367. The summed E-state index contributed by atoms with van der Waals surface area (Å²) in [6.45, 7) is 4.19. The van der Waals surface area contributed by atoms with E-state index >= 15 is 0 Å². The first kappa shape index (κ1) is 25.6. The Hall–Kier alpha value is -3.68. The fraction of sp³-hybridized carbons (Fsp3) is 0.375. The lowest BCUT2D eigenvalue weighted by Gasteiger charge is -2.32. The van der Waals surface area contributed by atoms with E-state index in [1.165, 1.54) is 5.56 Å². The number of ether oxygens (including phenoxy) is 1. The number of nitrogens with one attached hydrogen (secondary N) is 2. The smallest absolute Gasteiger partial charge is 0.256 e. The van der Waals surface area contributed by atoms with Crippen LogP contribution in [0.2, 0.25) is 0 Å². The summed E-state index contributed by atoms with van der Waals surface area (Å²) in [5.41, 5.74) is 4.44. The van der Waals surface area contributed by atoms with Crippen LogP contribution in [-0.4, -0.2) is 60.0 Å². The monoisotopic (exact) mass is 524 g/mol. The van der Waals surface area contributed by atoms with Crippen molar-refractivity contribution in [3.05, 3.63) is 101 Å². The van der Waals surface area contributed by atoms with Gasteiger partial charge < -0.3 is 20.3 Å². The van der Waals surface area contributed by atoms with E-state index in [1.807, 2.05) is 59.5 Å². The summed E-state index contributed by atoms with van der Waals surface area (Å²) in [5, 5.41) is 6.79. The van der Waals surface area contributed by atoms with Gasteiger partial charge in [-0.2, -0.15) is 0 Å². The van der Waals surface area contributed by atoms with E-state index in [2.05, 4.69) is 39.8 Å². The third-order valence-electron chi connectivity index (χ3n) is 8.08. The average molecular weight is 525 g/mol. The van der Waals surface area contributed by atoms with Crippen molar-refractivity contribution in [1.29, 1.82) is 0 Å². The standard InChI is InChI=1S/C32H36N4O3/c37-31(34-25-15-17-35(18-16-25)21-23-8-2-1-3-9-23)24-10-6-11-26(20-24)33-30-28-13-4-5-14-29(28)32(38)36(30)22-27-12-7-19-39-27/h1-6,8-11,13-14,20,25,27,30,33H,7,12,15-19,21-22H2,(H,34,37). The number of carbonyl (C=O) groups is 2. The van der Waals surface area contributed by atoms with Crippen molar-refractivity contribution in [3.8, 4) is 0 Å². The van der Waals surface area contributed by atoms with Crippen LogP contribution in [-0.2, 0) is 11.3 Å². The van der Waals surface area contributed by atoms with Gasteiger partial charge in [-0.15, -0.1) is 0 Å². The molecule has 0 aliphatic carbocycles. The largest absolute Gasteiger partial charge is 0.376 e. The van der Waals surface area contributed by atoms with Gasteiger partial charge in [0.1, 0.15) is 6.17 Å². The molecule has 3 aliphatic heterocycles. The first-order valence-electron chi connectivity index (χ1n) is 14.1. The third kappa shape index (κ3) is 5.84. The fourth-order valence-electron chi connectivity index (χ4n) is 5.98. The van der Waals surface area contributed by atoms with Gasteiger partial charge in [0.05, 0.1) is 6.10 Å². The number of anilines is 1. The quantitative estimate of drug-likeness (QED) is 0.442. The topological polar surface area (TPSA) is 73.9 Å². The first-order valence-corrected chi connectivity index (χ1v) is 14.1. The highest BCUT2D eigenvalue weighted by atomic mass is 16.5. The van der Waals surface area contributed by atoms with Gasteiger partial charge in [0, 0.05) is 61.2 Å². The van der Waals surface area contributed by atoms with Gasteiger partial charge in [-0.05, 0) is 55.5 Å². The maximum atomic E-state index is 13.3. The molecule has 2 fully saturated rings. The van der Waals surface area contributed by atoms with Crippen LogP contribution >= 0.6 is 0 Å². The highest BCUT2D eigenvalue weighted by Crippen LogP contribution is 2.35. The maximum Gasteiger partial charge on any atom is 0.256 e. The second-order valence-electron chi connectivity index (χ2n) is 10.8. The summed E-state index contributed by atoms with van der Waals surface area (Å²) in [6, 6.07) is 26.0. The van der Waals surface area contributed by atoms with E-state index in [0.717, 1.165) is 68.7 Å². The molecule has 2 N–H and O–H groups in total. The van der Waals surface area contributed by atoms with Crippen molar-refractivity contribution in [3.63, 3.8) is 0 Å². The minimum atomic E-state index is -0.301. The van der Waals surface area contributed by atoms with Crippen molar-refractivity contribution in [2.24, 2.45) is 0 Å². The summed E-state index contributed by atoms with van der Waals surface area (Å²) in [4.78, 5) is 30.8. The zero-order valence-corrected chi connectivity index (χ0v) is 22.2. The van der Waals surface area contributed by atoms with Crippen molar-refractivity contribution in [2.75, 3.05) is 31.6 Å². The van der Waals surface area contributed by atoms with Gasteiger partial charge in [0.15, 0.2) is 0 Å². The van der Waals surface area contributed by atoms with Crippen LogP contribution in [0.3, 0.4) is 0 Å². The zero-order valence-electron chi connectivity index (χ0n) is 22.2. The molecule has 3 aromatic rings. The second kappa shape index (κ2) is 11.6. The summed E-state index contributed by atoms with van der Waals surface area (Å²) in [7, 11) is 0. The molecule has 7 nitrogen and oxygen atoms in total. The lowest BCUT2D eigenvalue weighted by molar-refractivity contribution is 0.0488. The van der Waals surface area contributed by atoms with Gasteiger partial charge in [0.25, 0.3) is 11.8 Å². The fourth-order valence-corrected chi connectivity index (χ4v) is 5.98. The SMILES string of the molecule is O=C(NC1CCN(Cc2ccccc2)CC1)c1cccc(NC2c3ccccc3C(=O)N2CC2CCCO2)c1. The predicted molar refractivity (Wildman–Crippen MR) is 151 cm³/mol. The molecule has 0 spiro atoms. The second-order valence-corrected chi connectivity index (χ2v) is 10.8. The Balaban J connectivity index is 1.09. The number of carbonyl (C=O) groups excluding carboxylic acids is 2. The Kier molecular flexibility index (Phi) is 7.61. The number of piperidine rings is 1. The van der Waals surface area contributed by atoms with Gasteiger partial charge in [0.2, 0.25) is 0 Å². The molecule has 2 amide bonds. The highest BCUT2D eigenvalue weighted by Gasteiger charge is 2.38. The molecule has 2 saturated heterocycles. The van der Waals surface area contributed by atoms with Crippen LogP contribution in [0.1, 0.15) is 63.7 Å². The normalized spacial score (nSPS) is 21.6. The molecule has 7 heteroatoms. The van der Waals surface area contributed by atoms with Crippen LogP contribution < -0.4 is 10.6 Å². The number of nitrogens with zero attached hydrogens (tertiary/aromatic N) is 2. The lowest BCUT2D eigenvalue weighted by Crippen LogP contribution is -2.44. The molecule has 3 aromatic carbocycles. The van der Waals surface area contributed by atoms with E-state index in [0.29, 0.717) is 12.1 Å². The van der Waals surface area contributed by atoms with Crippen molar-refractivity contribution >= 4 is 17.5 Å². The summed E-state index contributed by atoms with van der Waals surface area (Å²) in [6.07, 6.45) is 3.63. The van der Waals surface area contributed by atoms with E-state index < -0.39 is 0 Å². The molecule has 0 aromatic heterocycles. The Morgan fingerprint density at radius 2 is 1.72 bits per heavy atom. The predicted octanol–water partition coefficient (Wildman–Crippen LogP) is 4.83. The first-order chi connectivity index (χ1) is 19.1. The number of hydrogen-bond acceptors (Lipinski definition) is 5. The molecule has 3 heterocycles. The molecule has 2 unspecified atom stereocenters. The van der Waals surface area contributed by atoms with E-state index in [1.54, 1.807) is 0 Å². The van der Waals surface area contributed by atoms with E-state index in [-0.39, 0.29) is 30.1 Å². The zero-order chi connectivity index (χ0) is 26.6. The van der Waals surface area contributed by atoms with Gasteiger partial charge in [-0.25, -0.2) is 0 Å². The van der Waals surface area contributed by atoms with E-state index in [4.69, 9.17) is 4.74 Å². The van der Waals surface area contributed by atoms with Crippen molar-refractivity contribution < 1.29 is 14.3 Å². The van der Waals surface area contributed by atoms with Gasteiger partial charge >= 0.3 is 0 Å². The lowest BCUT2D eigenvalue weighted by atomic mass is 10.0. The van der Waals surface area contributed by atoms with Crippen LogP contribution in [0.15, 0.2) is 78.9 Å². The van der Waals surface area contributed by atoms with Crippen LogP contribution in [0.5, 0.6) is 0 Å². The highest BCUT2D eigenvalue weighted by molar-refractivity contribution is 5.99. The number of amides is 2. The molecule has 39 heavy (non-hydrogen) atoms. The van der Waals surface area contributed by atoms with E-state index in [9.17, 15) is 9.59 Å². The minimum absolute atomic E-state index is 0.0195. The molecule has 0 bridgehead atoms. The summed E-state index contributed by atoms with van der Waals surface area (Å²) >= 11 is 0. The molecule has 202 valence electrons. The number of hydrogen-bond donors (Lipinski definition) is 2. The van der Waals surface area contributed by atoms with Gasteiger partial charge in [-0.3, -0.25) is 14.5 Å². The summed E-state index contributed by atoms with van der Waals surface area (Å²) < 4.78 is 5.84. The molecule has 2 atom stereocenters. The minimum Gasteiger partial charge on any atom is -0.376 e. The Morgan fingerprint density at radius 1 is 0.923 bits per heavy atom. The maximum absolute atomic E-state index is 13.3. The molecule has 3 aliphatic rings. The Bertz CT molecular complexity index is 1300. The van der Waals surface area contributed by atoms with Crippen LogP contribution in [0.25, 0.3) is 0 Å². The van der Waals surface area contributed by atoms with Crippen molar-refractivity contribution in [2.45, 2.75) is 50.5 Å². The van der Waals surface area contributed by atoms with Gasteiger partial charge in [-0.1, -0.05) is 54.6 Å². The van der Waals surface area contributed by atoms with Crippen molar-refractivity contribution in [1.82, 2.24) is 15.1 Å². The molecule has 6 rings (SSSR count). The molecule has 0 radical (unpaired) electrons. The average Bonchev–Trinajstić information content (AvgIpc) is 3.58. The third-order valence-corrected chi connectivity index (χ3v) is 8.08. The number of fused-ring (bicyclic) bond motifs is 1. The number of rotatable bonds is 8. The molecular formula is C32H36N4O3. The molecule has 0 saturated carbocycles. The number of benzene rings is 3. The van der Waals surface area contributed by atoms with Crippen LogP contribution in [0.4, 0.5) is 5.69 Å². The Labute approximate surface area is 230 Å². The Morgan fingerprint density at radius 3 is 2.51 bits per heavy atom. The number of likely N-dealkylation sites (tertiary alicyclic amines) is 1. The van der Waals surface area contributed by atoms with Crippen LogP contribution in [0, 0.1) is 0 Å². The molecular weight excluding hydrogens is 488 g/mol.